The Balaban J connectivity index is 1.72. The first-order chi connectivity index (χ1) is 14.8. The molecule has 0 unspecified atom stereocenters. The van der Waals surface area contributed by atoms with E-state index in [0.29, 0.717) is 6.54 Å². The van der Waals surface area contributed by atoms with Crippen LogP contribution >= 0.6 is 0 Å². The summed E-state index contributed by atoms with van der Waals surface area (Å²) < 4.78 is 43.2. The van der Waals surface area contributed by atoms with Crippen molar-refractivity contribution < 1.29 is 17.6 Å². The second kappa shape index (κ2) is 9.80. The van der Waals surface area contributed by atoms with Gasteiger partial charge in [-0.15, -0.1) is 0 Å². The predicted octanol–water partition coefficient (Wildman–Crippen LogP) is 2.08. The van der Waals surface area contributed by atoms with E-state index in [9.17, 15) is 17.6 Å². The van der Waals surface area contributed by atoms with E-state index in [-0.39, 0.29) is 12.5 Å². The lowest BCUT2D eigenvalue weighted by Gasteiger charge is -2.22. The van der Waals surface area contributed by atoms with Crippen LogP contribution in [0.4, 0.5) is 4.39 Å². The minimum absolute atomic E-state index is 0.203. The smallest absolute Gasteiger partial charge is 0.244 e. The number of carbonyl (C=O) groups is 1. The molecule has 2 aromatic carbocycles. The minimum Gasteiger partial charge on any atom is -0.351 e. The lowest BCUT2D eigenvalue weighted by molar-refractivity contribution is -0.123. The molecule has 0 aliphatic heterocycles. The van der Waals surface area contributed by atoms with E-state index in [0.717, 1.165) is 23.3 Å². The van der Waals surface area contributed by atoms with Gasteiger partial charge in [-0.05, 0) is 29.2 Å². The maximum absolute atomic E-state index is 14.0. The fourth-order valence-electron chi connectivity index (χ4n) is 3.05. The lowest BCUT2D eigenvalue weighted by Crippen LogP contribution is -2.49. The average Bonchev–Trinajstić information content (AvgIpc) is 3.24. The van der Waals surface area contributed by atoms with Crippen LogP contribution in [-0.4, -0.2) is 35.1 Å². The number of halogens is 1. The Bertz CT molecular complexity index is 1130. The maximum atomic E-state index is 14.0. The molecule has 0 aliphatic rings. The summed E-state index contributed by atoms with van der Waals surface area (Å²) in [5.41, 5.74) is 1.81. The van der Waals surface area contributed by atoms with Crippen molar-refractivity contribution >= 4 is 15.9 Å². The van der Waals surface area contributed by atoms with E-state index in [4.69, 9.17) is 0 Å². The molecule has 164 valence electrons. The zero-order chi connectivity index (χ0) is 22.4. The molecule has 1 amide bonds. The molecule has 1 atom stereocenters. The Morgan fingerprint density at radius 3 is 2.42 bits per heavy atom. The van der Waals surface area contributed by atoms with Crippen LogP contribution < -0.4 is 10.0 Å². The van der Waals surface area contributed by atoms with E-state index >= 15 is 0 Å². The highest BCUT2D eigenvalue weighted by molar-refractivity contribution is 7.89. The Labute approximate surface area is 180 Å². The number of benzene rings is 2. The summed E-state index contributed by atoms with van der Waals surface area (Å²) in [5.74, 6) is -1.72. The number of amides is 1. The zero-order valence-electron chi connectivity index (χ0n) is 17.2. The van der Waals surface area contributed by atoms with Gasteiger partial charge in [0.25, 0.3) is 0 Å². The number of hydrogen-bond donors (Lipinski definition) is 2. The standard InChI is InChI=1S/C21H24FN5O3S/c1-15(2)20(26-31(29,30)19-10-6-5-9-18(19)22)21(28)24-11-16-7-3-4-8-17(16)12-27-14-23-13-25-27/h3-10,13-15,20,26H,11-12H2,1-2H3,(H,24,28)/t20-/m0/s1. The number of rotatable bonds is 9. The van der Waals surface area contributed by atoms with Crippen molar-refractivity contribution in [1.82, 2.24) is 24.8 Å². The third-order valence-corrected chi connectivity index (χ3v) is 6.20. The molecule has 8 nitrogen and oxygen atoms in total. The largest absolute Gasteiger partial charge is 0.351 e. The minimum atomic E-state index is -4.21. The van der Waals surface area contributed by atoms with Gasteiger partial charge in [-0.3, -0.25) is 4.79 Å². The molecule has 0 fully saturated rings. The normalized spacial score (nSPS) is 12.6. The summed E-state index contributed by atoms with van der Waals surface area (Å²) in [5, 5.41) is 6.87. The van der Waals surface area contributed by atoms with Gasteiger partial charge in [-0.2, -0.15) is 9.82 Å². The van der Waals surface area contributed by atoms with Gasteiger partial charge in [0.05, 0.1) is 6.54 Å². The van der Waals surface area contributed by atoms with Crippen molar-refractivity contribution in [3.05, 3.63) is 78.1 Å². The highest BCUT2D eigenvalue weighted by Crippen LogP contribution is 2.16. The summed E-state index contributed by atoms with van der Waals surface area (Å²) in [6.45, 7) is 4.12. The topological polar surface area (TPSA) is 106 Å². The molecule has 0 saturated heterocycles. The Morgan fingerprint density at radius 1 is 1.10 bits per heavy atom. The van der Waals surface area contributed by atoms with E-state index in [1.165, 1.54) is 18.5 Å². The first kappa shape index (κ1) is 22.6. The van der Waals surface area contributed by atoms with Gasteiger partial charge >= 0.3 is 0 Å². The fraction of sp³-hybridized carbons (Fsp3) is 0.286. The molecule has 0 saturated carbocycles. The van der Waals surface area contributed by atoms with Crippen molar-refractivity contribution in [2.24, 2.45) is 5.92 Å². The second-order valence-corrected chi connectivity index (χ2v) is 9.04. The van der Waals surface area contributed by atoms with Gasteiger partial charge in [0.1, 0.15) is 29.4 Å². The summed E-state index contributed by atoms with van der Waals surface area (Å²) in [7, 11) is -4.21. The number of sulfonamides is 1. The molecule has 2 N–H and O–H groups in total. The molecule has 10 heteroatoms. The van der Waals surface area contributed by atoms with Crippen LogP contribution in [0.15, 0.2) is 66.1 Å². The van der Waals surface area contributed by atoms with Crippen LogP contribution in [0.3, 0.4) is 0 Å². The van der Waals surface area contributed by atoms with Crippen LogP contribution in [0.25, 0.3) is 0 Å². The average molecular weight is 446 g/mol. The molecule has 3 aromatic rings. The molecule has 0 bridgehead atoms. The first-order valence-electron chi connectivity index (χ1n) is 9.71. The summed E-state index contributed by atoms with van der Waals surface area (Å²) in [6, 6.07) is 11.5. The van der Waals surface area contributed by atoms with Gasteiger partial charge in [0.2, 0.25) is 15.9 Å². The molecule has 1 heterocycles. The van der Waals surface area contributed by atoms with E-state index in [2.05, 4.69) is 20.1 Å². The van der Waals surface area contributed by atoms with Crippen LogP contribution in [0, 0.1) is 11.7 Å². The van der Waals surface area contributed by atoms with Crippen molar-refractivity contribution in [3.63, 3.8) is 0 Å². The van der Waals surface area contributed by atoms with E-state index < -0.39 is 32.7 Å². The van der Waals surface area contributed by atoms with Gasteiger partial charge < -0.3 is 5.32 Å². The van der Waals surface area contributed by atoms with Crippen molar-refractivity contribution in [3.8, 4) is 0 Å². The molecular formula is C21H24FN5O3S. The van der Waals surface area contributed by atoms with Crippen molar-refractivity contribution in [1.29, 1.82) is 0 Å². The monoisotopic (exact) mass is 445 g/mol. The first-order valence-corrected chi connectivity index (χ1v) is 11.2. The molecule has 0 aliphatic carbocycles. The SMILES string of the molecule is CC(C)[C@H](NS(=O)(=O)c1ccccc1F)C(=O)NCc1ccccc1Cn1cncn1. The molecule has 0 radical (unpaired) electrons. The molecule has 3 rings (SSSR count). The van der Waals surface area contributed by atoms with E-state index in [1.807, 2.05) is 24.3 Å². The Kier molecular flexibility index (Phi) is 7.13. The van der Waals surface area contributed by atoms with E-state index in [1.54, 1.807) is 24.9 Å². The third-order valence-electron chi connectivity index (χ3n) is 4.73. The summed E-state index contributed by atoms with van der Waals surface area (Å²) in [6.07, 6.45) is 3.04. The predicted molar refractivity (Wildman–Crippen MR) is 113 cm³/mol. The van der Waals surface area contributed by atoms with Gasteiger partial charge in [-0.1, -0.05) is 50.2 Å². The third kappa shape index (κ3) is 5.74. The van der Waals surface area contributed by atoms with Crippen molar-refractivity contribution in [2.45, 2.75) is 37.9 Å². The van der Waals surface area contributed by atoms with Gasteiger partial charge in [0, 0.05) is 6.54 Å². The summed E-state index contributed by atoms with van der Waals surface area (Å²) in [4.78, 5) is 16.2. The van der Waals surface area contributed by atoms with Crippen LogP contribution in [0.1, 0.15) is 25.0 Å². The van der Waals surface area contributed by atoms with Crippen molar-refractivity contribution in [2.75, 3.05) is 0 Å². The van der Waals surface area contributed by atoms with Crippen LogP contribution in [0.2, 0.25) is 0 Å². The second-order valence-electron chi connectivity index (χ2n) is 7.35. The molecular weight excluding hydrogens is 421 g/mol. The summed E-state index contributed by atoms with van der Waals surface area (Å²) >= 11 is 0. The highest BCUT2D eigenvalue weighted by atomic mass is 32.2. The number of hydrogen-bond acceptors (Lipinski definition) is 5. The molecule has 31 heavy (non-hydrogen) atoms. The molecule has 1 aromatic heterocycles. The number of carbonyl (C=O) groups excluding carboxylic acids is 1. The highest BCUT2D eigenvalue weighted by Gasteiger charge is 2.29. The maximum Gasteiger partial charge on any atom is 0.244 e. The number of aromatic nitrogens is 3. The number of nitrogens with one attached hydrogen (secondary N) is 2. The quantitative estimate of drug-likeness (QED) is 0.525. The Morgan fingerprint density at radius 2 is 1.77 bits per heavy atom. The van der Waals surface area contributed by atoms with Gasteiger partial charge in [0.15, 0.2) is 0 Å². The van der Waals surface area contributed by atoms with Crippen LogP contribution in [0.5, 0.6) is 0 Å². The van der Waals surface area contributed by atoms with Crippen LogP contribution in [-0.2, 0) is 27.9 Å². The zero-order valence-corrected chi connectivity index (χ0v) is 18.0. The lowest BCUT2D eigenvalue weighted by atomic mass is 10.0. The number of nitrogens with zero attached hydrogens (tertiary/aromatic N) is 3. The molecule has 0 spiro atoms. The Hall–Kier alpha value is -3.11. The van der Waals surface area contributed by atoms with Gasteiger partial charge in [-0.25, -0.2) is 22.5 Å². The fourth-order valence-corrected chi connectivity index (χ4v) is 4.47.